The lowest BCUT2D eigenvalue weighted by atomic mass is 9.87. The molecule has 1 aliphatic heterocycles. The van der Waals surface area contributed by atoms with E-state index in [4.69, 9.17) is 4.74 Å². The van der Waals surface area contributed by atoms with Gasteiger partial charge in [0.25, 0.3) is 0 Å². The van der Waals surface area contributed by atoms with Gasteiger partial charge < -0.3 is 10.1 Å². The molecule has 1 saturated heterocycles. The third kappa shape index (κ3) is 2.78. The fourth-order valence-electron chi connectivity index (χ4n) is 2.52. The summed E-state index contributed by atoms with van der Waals surface area (Å²) in [5.41, 5.74) is 0.768. The summed E-state index contributed by atoms with van der Waals surface area (Å²) in [4.78, 5) is 0. The molecule has 0 spiro atoms. The van der Waals surface area contributed by atoms with E-state index in [9.17, 15) is 4.39 Å². The van der Waals surface area contributed by atoms with Crippen molar-refractivity contribution in [1.29, 1.82) is 0 Å². The molecule has 1 aliphatic rings. The lowest BCUT2D eigenvalue weighted by molar-refractivity contribution is 0.294. The van der Waals surface area contributed by atoms with Crippen LogP contribution in [0.5, 0.6) is 5.75 Å². The van der Waals surface area contributed by atoms with Crippen LogP contribution in [-0.2, 0) is 0 Å². The highest BCUT2D eigenvalue weighted by Gasteiger charge is 2.23. The molecule has 2 atom stereocenters. The zero-order valence-corrected chi connectivity index (χ0v) is 10.5. The summed E-state index contributed by atoms with van der Waals surface area (Å²) in [5.74, 6) is 1.12. The first-order valence-electron chi connectivity index (χ1n) is 6.31. The third-order valence-electron chi connectivity index (χ3n) is 3.67. The Balaban J connectivity index is 2.16. The SMILES string of the molecule is CCC1CCNC(c2ccc(OC)cc2F)C1. The summed E-state index contributed by atoms with van der Waals surface area (Å²) in [6, 6.07) is 5.28. The lowest BCUT2D eigenvalue weighted by Crippen LogP contribution is -2.32. The van der Waals surface area contributed by atoms with Crippen molar-refractivity contribution in [1.82, 2.24) is 5.32 Å². The predicted octanol–water partition coefficient (Wildman–Crippen LogP) is 3.29. The van der Waals surface area contributed by atoms with Crippen LogP contribution in [0.2, 0.25) is 0 Å². The molecule has 2 rings (SSSR count). The summed E-state index contributed by atoms with van der Waals surface area (Å²) in [5, 5.41) is 3.40. The van der Waals surface area contributed by atoms with Gasteiger partial charge >= 0.3 is 0 Å². The van der Waals surface area contributed by atoms with Crippen LogP contribution < -0.4 is 10.1 Å². The summed E-state index contributed by atoms with van der Waals surface area (Å²) in [7, 11) is 1.56. The lowest BCUT2D eigenvalue weighted by Gasteiger charge is -2.30. The van der Waals surface area contributed by atoms with Crippen LogP contribution in [0, 0.1) is 11.7 Å². The number of ether oxygens (including phenoxy) is 1. The van der Waals surface area contributed by atoms with Crippen LogP contribution in [0.4, 0.5) is 4.39 Å². The van der Waals surface area contributed by atoms with E-state index in [1.165, 1.54) is 18.9 Å². The Morgan fingerprint density at radius 3 is 2.94 bits per heavy atom. The number of hydrogen-bond donors (Lipinski definition) is 1. The first-order valence-corrected chi connectivity index (χ1v) is 6.31. The van der Waals surface area contributed by atoms with Crippen LogP contribution in [0.15, 0.2) is 18.2 Å². The molecule has 2 nitrogen and oxygen atoms in total. The average Bonchev–Trinajstić information content (AvgIpc) is 2.38. The van der Waals surface area contributed by atoms with Crippen molar-refractivity contribution >= 4 is 0 Å². The zero-order valence-electron chi connectivity index (χ0n) is 10.5. The summed E-state index contributed by atoms with van der Waals surface area (Å²) in [6.07, 6.45) is 3.40. The van der Waals surface area contributed by atoms with Crippen molar-refractivity contribution in [3.8, 4) is 5.75 Å². The Hall–Kier alpha value is -1.09. The van der Waals surface area contributed by atoms with Gasteiger partial charge in [0.2, 0.25) is 0 Å². The molecule has 0 aliphatic carbocycles. The van der Waals surface area contributed by atoms with Crippen LogP contribution in [0.25, 0.3) is 0 Å². The second-order valence-corrected chi connectivity index (χ2v) is 4.69. The fourth-order valence-corrected chi connectivity index (χ4v) is 2.52. The van der Waals surface area contributed by atoms with E-state index in [2.05, 4.69) is 12.2 Å². The molecule has 0 amide bonds. The maximum absolute atomic E-state index is 13.9. The molecule has 0 saturated carbocycles. The largest absolute Gasteiger partial charge is 0.497 e. The molecule has 1 heterocycles. The van der Waals surface area contributed by atoms with E-state index in [1.54, 1.807) is 7.11 Å². The van der Waals surface area contributed by atoms with Crippen LogP contribution in [0.1, 0.15) is 37.8 Å². The van der Waals surface area contributed by atoms with Crippen LogP contribution in [0.3, 0.4) is 0 Å². The van der Waals surface area contributed by atoms with E-state index in [0.717, 1.165) is 18.5 Å². The van der Waals surface area contributed by atoms with Gasteiger partial charge in [0, 0.05) is 17.7 Å². The van der Waals surface area contributed by atoms with Gasteiger partial charge in [-0.2, -0.15) is 0 Å². The highest BCUT2D eigenvalue weighted by molar-refractivity contribution is 5.31. The molecule has 0 radical (unpaired) electrons. The molecule has 94 valence electrons. The Morgan fingerprint density at radius 1 is 1.47 bits per heavy atom. The molecule has 0 bridgehead atoms. The minimum atomic E-state index is -0.168. The van der Waals surface area contributed by atoms with Gasteiger partial charge in [0.15, 0.2) is 0 Å². The summed E-state index contributed by atoms with van der Waals surface area (Å²) < 4.78 is 19.0. The van der Waals surface area contributed by atoms with Crippen molar-refractivity contribution in [3.63, 3.8) is 0 Å². The molecule has 1 aromatic carbocycles. The normalized spacial score (nSPS) is 24.6. The van der Waals surface area contributed by atoms with Gasteiger partial charge in [-0.1, -0.05) is 19.4 Å². The summed E-state index contributed by atoms with van der Waals surface area (Å²) >= 11 is 0. The molecule has 17 heavy (non-hydrogen) atoms. The second kappa shape index (κ2) is 5.50. The van der Waals surface area contributed by atoms with Gasteiger partial charge in [0.05, 0.1) is 7.11 Å². The molecule has 1 aromatic rings. The molecule has 1 N–H and O–H groups in total. The van der Waals surface area contributed by atoms with E-state index in [0.29, 0.717) is 11.7 Å². The van der Waals surface area contributed by atoms with Crippen molar-refractivity contribution in [2.75, 3.05) is 13.7 Å². The smallest absolute Gasteiger partial charge is 0.131 e. The third-order valence-corrected chi connectivity index (χ3v) is 3.67. The Morgan fingerprint density at radius 2 is 2.29 bits per heavy atom. The molecular weight excluding hydrogens is 217 g/mol. The first-order chi connectivity index (χ1) is 8.24. The molecular formula is C14H20FNO. The standard InChI is InChI=1S/C14H20FNO/c1-3-10-6-7-16-14(8-10)12-5-4-11(17-2)9-13(12)15/h4-5,9-10,14,16H,3,6-8H2,1-2H3. The molecule has 0 aromatic heterocycles. The Labute approximate surface area is 102 Å². The zero-order chi connectivity index (χ0) is 12.3. The van der Waals surface area contributed by atoms with Crippen molar-refractivity contribution < 1.29 is 9.13 Å². The van der Waals surface area contributed by atoms with Crippen molar-refractivity contribution in [3.05, 3.63) is 29.6 Å². The van der Waals surface area contributed by atoms with Gasteiger partial charge in [-0.3, -0.25) is 0 Å². The number of nitrogens with one attached hydrogen (secondary N) is 1. The number of methoxy groups -OCH3 is 1. The van der Waals surface area contributed by atoms with Crippen LogP contribution >= 0.6 is 0 Å². The number of halogens is 1. The number of piperidine rings is 1. The average molecular weight is 237 g/mol. The second-order valence-electron chi connectivity index (χ2n) is 4.69. The predicted molar refractivity (Wildman–Crippen MR) is 66.7 cm³/mol. The van der Waals surface area contributed by atoms with E-state index < -0.39 is 0 Å². The first kappa shape index (κ1) is 12.4. The van der Waals surface area contributed by atoms with E-state index in [-0.39, 0.29) is 11.9 Å². The number of hydrogen-bond acceptors (Lipinski definition) is 2. The fraction of sp³-hybridized carbons (Fsp3) is 0.571. The minimum absolute atomic E-state index is 0.152. The van der Waals surface area contributed by atoms with Crippen molar-refractivity contribution in [2.45, 2.75) is 32.2 Å². The number of benzene rings is 1. The van der Waals surface area contributed by atoms with Crippen LogP contribution in [-0.4, -0.2) is 13.7 Å². The molecule has 2 unspecified atom stereocenters. The maximum atomic E-state index is 13.9. The van der Waals surface area contributed by atoms with Gasteiger partial charge in [-0.05, 0) is 31.4 Å². The Kier molecular flexibility index (Phi) is 4.00. The Bertz CT molecular complexity index is 380. The highest BCUT2D eigenvalue weighted by Crippen LogP contribution is 2.31. The van der Waals surface area contributed by atoms with E-state index >= 15 is 0 Å². The van der Waals surface area contributed by atoms with Crippen molar-refractivity contribution in [2.24, 2.45) is 5.92 Å². The summed E-state index contributed by atoms with van der Waals surface area (Å²) in [6.45, 7) is 3.19. The topological polar surface area (TPSA) is 21.3 Å². The van der Waals surface area contributed by atoms with Gasteiger partial charge in [-0.15, -0.1) is 0 Å². The van der Waals surface area contributed by atoms with Gasteiger partial charge in [0.1, 0.15) is 11.6 Å². The monoisotopic (exact) mass is 237 g/mol. The number of rotatable bonds is 3. The maximum Gasteiger partial charge on any atom is 0.131 e. The highest BCUT2D eigenvalue weighted by atomic mass is 19.1. The minimum Gasteiger partial charge on any atom is -0.497 e. The van der Waals surface area contributed by atoms with E-state index in [1.807, 2.05) is 12.1 Å². The quantitative estimate of drug-likeness (QED) is 0.871. The van der Waals surface area contributed by atoms with Gasteiger partial charge in [-0.25, -0.2) is 4.39 Å². The molecule has 3 heteroatoms. The molecule has 1 fully saturated rings.